The van der Waals surface area contributed by atoms with Gasteiger partial charge in [-0.15, -0.1) is 0 Å². The summed E-state index contributed by atoms with van der Waals surface area (Å²) in [5.41, 5.74) is 0. The lowest BCUT2D eigenvalue weighted by Crippen LogP contribution is -2.48. The summed E-state index contributed by atoms with van der Waals surface area (Å²) in [4.78, 5) is 22.3. The fourth-order valence-electron chi connectivity index (χ4n) is 0.982. The third-order valence-electron chi connectivity index (χ3n) is 2.20. The summed E-state index contributed by atoms with van der Waals surface area (Å²) in [5.74, 6) is 0.381. The molecule has 88 valence electrons. The molecule has 0 bridgehead atoms. The fourth-order valence-corrected chi connectivity index (χ4v) is 1.24. The molecule has 0 aromatic carbocycles. The summed E-state index contributed by atoms with van der Waals surface area (Å²) in [7, 11) is 0. The molecule has 0 radical (unpaired) electrons. The zero-order valence-corrected chi connectivity index (χ0v) is 10.4. The molecule has 0 aliphatic carbocycles. The minimum absolute atomic E-state index is 0.166. The van der Waals surface area contributed by atoms with Gasteiger partial charge in [0.2, 0.25) is 11.8 Å². The fraction of sp³-hybridized carbons (Fsp3) is 0.800. The zero-order valence-electron chi connectivity index (χ0n) is 9.54. The van der Waals surface area contributed by atoms with Crippen molar-refractivity contribution >= 4 is 24.4 Å². The van der Waals surface area contributed by atoms with E-state index in [0.29, 0.717) is 18.2 Å². The molecule has 2 atom stereocenters. The van der Waals surface area contributed by atoms with Crippen molar-refractivity contribution in [2.75, 3.05) is 12.3 Å². The van der Waals surface area contributed by atoms with E-state index in [1.54, 1.807) is 0 Å². The van der Waals surface area contributed by atoms with Gasteiger partial charge in [-0.3, -0.25) is 9.59 Å². The SMILES string of the molecule is CCC(C)CNC(=O)C(CS)NC(C)=O. The van der Waals surface area contributed by atoms with Crippen LogP contribution in [0, 0.1) is 5.92 Å². The molecule has 0 aromatic heterocycles. The molecule has 0 aliphatic rings. The topological polar surface area (TPSA) is 58.2 Å². The second kappa shape index (κ2) is 7.56. The summed E-state index contributed by atoms with van der Waals surface area (Å²) >= 11 is 4.02. The van der Waals surface area contributed by atoms with E-state index in [4.69, 9.17) is 0 Å². The minimum Gasteiger partial charge on any atom is -0.354 e. The molecule has 0 heterocycles. The molecule has 0 rings (SSSR count). The average Bonchev–Trinajstić information content (AvgIpc) is 2.21. The molecule has 2 unspecified atom stereocenters. The van der Waals surface area contributed by atoms with Crippen molar-refractivity contribution in [2.24, 2.45) is 5.92 Å². The quantitative estimate of drug-likeness (QED) is 0.587. The predicted octanol–water partition coefficient (Wildman–Crippen LogP) is 0.583. The van der Waals surface area contributed by atoms with Crippen LogP contribution in [0.3, 0.4) is 0 Å². The highest BCUT2D eigenvalue weighted by atomic mass is 32.1. The molecule has 0 fully saturated rings. The van der Waals surface area contributed by atoms with Crippen LogP contribution in [0.5, 0.6) is 0 Å². The Morgan fingerprint density at radius 1 is 1.40 bits per heavy atom. The Hall–Kier alpha value is -0.710. The number of hydrogen-bond donors (Lipinski definition) is 3. The summed E-state index contributed by atoms with van der Waals surface area (Å²) in [5, 5.41) is 5.33. The maximum absolute atomic E-state index is 11.6. The highest BCUT2D eigenvalue weighted by Crippen LogP contribution is 1.98. The monoisotopic (exact) mass is 232 g/mol. The first-order chi connectivity index (χ1) is 7.01. The van der Waals surface area contributed by atoms with Crippen LogP contribution in [0.4, 0.5) is 0 Å². The van der Waals surface area contributed by atoms with Crippen molar-refractivity contribution in [1.82, 2.24) is 10.6 Å². The van der Waals surface area contributed by atoms with Crippen LogP contribution in [0.1, 0.15) is 27.2 Å². The van der Waals surface area contributed by atoms with E-state index in [0.717, 1.165) is 6.42 Å². The van der Waals surface area contributed by atoms with Gasteiger partial charge in [-0.1, -0.05) is 20.3 Å². The van der Waals surface area contributed by atoms with E-state index in [1.165, 1.54) is 6.92 Å². The highest BCUT2D eigenvalue weighted by molar-refractivity contribution is 7.80. The molecule has 2 N–H and O–H groups in total. The number of carbonyl (C=O) groups is 2. The van der Waals surface area contributed by atoms with E-state index in [9.17, 15) is 9.59 Å². The van der Waals surface area contributed by atoms with Crippen LogP contribution in [-0.4, -0.2) is 30.2 Å². The summed E-state index contributed by atoms with van der Waals surface area (Å²) in [6, 6.07) is -0.533. The molecule has 0 spiro atoms. The normalized spacial score (nSPS) is 14.1. The smallest absolute Gasteiger partial charge is 0.243 e. The van der Waals surface area contributed by atoms with Crippen LogP contribution >= 0.6 is 12.6 Å². The second-order valence-electron chi connectivity index (χ2n) is 3.69. The third-order valence-corrected chi connectivity index (χ3v) is 2.56. The molecule has 2 amide bonds. The lowest BCUT2D eigenvalue weighted by atomic mass is 10.1. The van der Waals surface area contributed by atoms with Gasteiger partial charge < -0.3 is 10.6 Å². The second-order valence-corrected chi connectivity index (χ2v) is 4.06. The van der Waals surface area contributed by atoms with Crippen LogP contribution in [0.15, 0.2) is 0 Å². The molecule has 15 heavy (non-hydrogen) atoms. The minimum atomic E-state index is -0.533. The zero-order chi connectivity index (χ0) is 11.8. The molecule has 0 saturated heterocycles. The van der Waals surface area contributed by atoms with Gasteiger partial charge in [0, 0.05) is 19.2 Å². The van der Waals surface area contributed by atoms with Gasteiger partial charge in [0.1, 0.15) is 6.04 Å². The summed E-state index contributed by atoms with van der Waals surface area (Å²) < 4.78 is 0. The number of carbonyl (C=O) groups excluding carboxylic acids is 2. The van der Waals surface area contributed by atoms with Crippen LogP contribution < -0.4 is 10.6 Å². The Morgan fingerprint density at radius 3 is 2.40 bits per heavy atom. The number of amides is 2. The first-order valence-corrected chi connectivity index (χ1v) is 5.80. The predicted molar refractivity (Wildman–Crippen MR) is 63.9 cm³/mol. The van der Waals surface area contributed by atoms with Crippen molar-refractivity contribution in [3.8, 4) is 0 Å². The first kappa shape index (κ1) is 14.3. The van der Waals surface area contributed by atoms with Crippen molar-refractivity contribution < 1.29 is 9.59 Å². The summed E-state index contributed by atoms with van der Waals surface area (Å²) in [6.07, 6.45) is 1.02. The maximum atomic E-state index is 11.6. The first-order valence-electron chi connectivity index (χ1n) is 5.16. The molecule has 0 saturated carbocycles. The van der Waals surface area contributed by atoms with Gasteiger partial charge in [0.15, 0.2) is 0 Å². The molecule has 0 aliphatic heterocycles. The number of hydrogen-bond acceptors (Lipinski definition) is 3. The van der Waals surface area contributed by atoms with Crippen molar-refractivity contribution in [2.45, 2.75) is 33.2 Å². The van der Waals surface area contributed by atoms with Crippen molar-refractivity contribution in [3.05, 3.63) is 0 Å². The third kappa shape index (κ3) is 6.38. The molecule has 0 aromatic rings. The standard InChI is InChI=1S/C10H20N2O2S/c1-4-7(2)5-11-10(14)9(6-15)12-8(3)13/h7,9,15H,4-6H2,1-3H3,(H,11,14)(H,12,13). The van der Waals surface area contributed by atoms with Gasteiger partial charge in [0.05, 0.1) is 0 Å². The van der Waals surface area contributed by atoms with Crippen molar-refractivity contribution in [1.29, 1.82) is 0 Å². The lowest BCUT2D eigenvalue weighted by molar-refractivity contribution is -0.127. The Bertz CT molecular complexity index is 221. The van der Waals surface area contributed by atoms with Crippen molar-refractivity contribution in [3.63, 3.8) is 0 Å². The van der Waals surface area contributed by atoms with E-state index >= 15 is 0 Å². The van der Waals surface area contributed by atoms with Gasteiger partial charge in [-0.25, -0.2) is 0 Å². The Kier molecular flexibility index (Phi) is 7.21. The van der Waals surface area contributed by atoms with Gasteiger partial charge >= 0.3 is 0 Å². The van der Waals surface area contributed by atoms with Crippen LogP contribution in [-0.2, 0) is 9.59 Å². The van der Waals surface area contributed by atoms with E-state index < -0.39 is 6.04 Å². The molecule has 4 nitrogen and oxygen atoms in total. The van der Waals surface area contributed by atoms with Gasteiger partial charge in [-0.05, 0) is 5.92 Å². The molecular formula is C10H20N2O2S. The lowest BCUT2D eigenvalue weighted by Gasteiger charge is -2.17. The summed E-state index contributed by atoms with van der Waals surface area (Å²) in [6.45, 7) is 6.16. The van der Waals surface area contributed by atoms with Crippen LogP contribution in [0.25, 0.3) is 0 Å². The van der Waals surface area contributed by atoms with E-state index in [1.807, 2.05) is 0 Å². The Balaban J connectivity index is 3.99. The maximum Gasteiger partial charge on any atom is 0.243 e. The van der Waals surface area contributed by atoms with E-state index in [-0.39, 0.29) is 11.8 Å². The Labute approximate surface area is 96.6 Å². The highest BCUT2D eigenvalue weighted by Gasteiger charge is 2.17. The Morgan fingerprint density at radius 2 is 2.00 bits per heavy atom. The number of thiol groups is 1. The molecular weight excluding hydrogens is 212 g/mol. The van der Waals surface area contributed by atoms with Gasteiger partial charge in [-0.2, -0.15) is 12.6 Å². The van der Waals surface area contributed by atoms with Crippen LogP contribution in [0.2, 0.25) is 0 Å². The van der Waals surface area contributed by atoms with E-state index in [2.05, 4.69) is 37.1 Å². The molecule has 5 heteroatoms. The average molecular weight is 232 g/mol. The number of nitrogens with one attached hydrogen (secondary N) is 2. The van der Waals surface area contributed by atoms with Gasteiger partial charge in [0.25, 0.3) is 0 Å². The largest absolute Gasteiger partial charge is 0.354 e. The number of rotatable bonds is 6.